The van der Waals surface area contributed by atoms with E-state index in [4.69, 9.17) is 5.73 Å². The Labute approximate surface area is 174 Å². The van der Waals surface area contributed by atoms with Crippen molar-refractivity contribution in [2.75, 3.05) is 16.4 Å². The third kappa shape index (κ3) is 5.86. The molecule has 152 valence electrons. The van der Waals surface area contributed by atoms with E-state index in [9.17, 15) is 4.79 Å². The van der Waals surface area contributed by atoms with E-state index in [0.29, 0.717) is 18.8 Å². The Balaban J connectivity index is 0.000000184. The van der Waals surface area contributed by atoms with Gasteiger partial charge in [0.1, 0.15) is 5.82 Å². The van der Waals surface area contributed by atoms with Crippen LogP contribution in [0.5, 0.6) is 0 Å². The number of hydrogen-bond donors (Lipinski definition) is 3. The van der Waals surface area contributed by atoms with Gasteiger partial charge >= 0.3 is 0 Å². The van der Waals surface area contributed by atoms with E-state index >= 15 is 0 Å². The molecule has 0 spiro atoms. The molecule has 0 aliphatic carbocycles. The van der Waals surface area contributed by atoms with Crippen molar-refractivity contribution in [2.24, 2.45) is 0 Å². The Hall–Kier alpha value is -4.27. The summed E-state index contributed by atoms with van der Waals surface area (Å²) in [6.45, 7) is 2.52. The van der Waals surface area contributed by atoms with Crippen LogP contribution in [0.25, 0.3) is 5.82 Å². The summed E-state index contributed by atoms with van der Waals surface area (Å²) in [4.78, 5) is 22.6. The molecule has 0 fully saturated rings. The van der Waals surface area contributed by atoms with Gasteiger partial charge in [0.15, 0.2) is 5.82 Å². The van der Waals surface area contributed by atoms with Crippen molar-refractivity contribution in [1.29, 1.82) is 0 Å². The smallest absolute Gasteiger partial charge is 0.211 e. The maximum absolute atomic E-state index is 10.4. The molecule has 9 heteroatoms. The number of nitrogens with one attached hydrogen (secondary N) is 2. The molecule has 0 saturated heterocycles. The maximum Gasteiger partial charge on any atom is 0.211 e. The fourth-order valence-corrected chi connectivity index (χ4v) is 2.51. The standard InChI is InChI=1S/C13H14N4O.C8H8N4/c14-13-12(5-2-6-15-13)16-8-10-3-1-4-11(7-10)17-9-18;1-7-5-10-8(6-9-7)12-4-2-3-11-12/h1-7,9,16H,8H2,(H2,14,15)(H,17,18);2-6H,1H3. The fraction of sp³-hybridized carbons (Fsp3) is 0.0952. The second-order valence-electron chi connectivity index (χ2n) is 6.22. The van der Waals surface area contributed by atoms with Gasteiger partial charge in [-0.3, -0.25) is 9.78 Å². The van der Waals surface area contributed by atoms with Crippen molar-refractivity contribution < 1.29 is 4.79 Å². The Kier molecular flexibility index (Phi) is 7.04. The molecular formula is C21H22N8O. The number of hydrogen-bond acceptors (Lipinski definition) is 7. The van der Waals surface area contributed by atoms with Gasteiger partial charge in [-0.05, 0) is 42.8 Å². The van der Waals surface area contributed by atoms with Crippen LogP contribution in [0.2, 0.25) is 0 Å². The predicted octanol–water partition coefficient (Wildman–Crippen LogP) is 2.81. The van der Waals surface area contributed by atoms with Crippen LogP contribution in [-0.2, 0) is 11.3 Å². The maximum atomic E-state index is 10.4. The number of benzene rings is 1. The number of nitrogens with zero attached hydrogens (tertiary/aromatic N) is 5. The number of aromatic nitrogens is 5. The van der Waals surface area contributed by atoms with Crippen LogP contribution < -0.4 is 16.4 Å². The van der Waals surface area contributed by atoms with Gasteiger partial charge in [0, 0.05) is 30.8 Å². The normalized spacial score (nSPS) is 9.90. The molecule has 30 heavy (non-hydrogen) atoms. The van der Waals surface area contributed by atoms with Gasteiger partial charge in [-0.2, -0.15) is 5.10 Å². The summed E-state index contributed by atoms with van der Waals surface area (Å²) in [5.74, 6) is 1.21. The molecule has 4 rings (SSSR count). The molecule has 3 heterocycles. The third-order valence-corrected chi connectivity index (χ3v) is 3.98. The van der Waals surface area contributed by atoms with Gasteiger partial charge in [-0.25, -0.2) is 14.6 Å². The highest BCUT2D eigenvalue weighted by Crippen LogP contribution is 2.16. The first-order chi connectivity index (χ1) is 14.7. The zero-order valence-corrected chi connectivity index (χ0v) is 16.4. The molecule has 0 atom stereocenters. The third-order valence-electron chi connectivity index (χ3n) is 3.98. The SMILES string of the molecule is Cc1cnc(-n2cccn2)cn1.Nc1ncccc1NCc1cccc(NC=O)c1. The van der Waals surface area contributed by atoms with E-state index in [1.807, 2.05) is 55.6 Å². The van der Waals surface area contributed by atoms with Crippen molar-refractivity contribution in [2.45, 2.75) is 13.5 Å². The molecule has 9 nitrogen and oxygen atoms in total. The van der Waals surface area contributed by atoms with Gasteiger partial charge in [0.2, 0.25) is 6.41 Å². The van der Waals surface area contributed by atoms with Crippen LogP contribution in [0.4, 0.5) is 17.2 Å². The largest absolute Gasteiger partial charge is 0.382 e. The zero-order valence-electron chi connectivity index (χ0n) is 16.4. The van der Waals surface area contributed by atoms with Crippen LogP contribution in [-0.4, -0.2) is 31.1 Å². The number of nitrogens with two attached hydrogens (primary N) is 1. The average molecular weight is 402 g/mol. The number of pyridine rings is 1. The monoisotopic (exact) mass is 402 g/mol. The highest BCUT2D eigenvalue weighted by atomic mass is 16.1. The lowest BCUT2D eigenvalue weighted by atomic mass is 10.2. The number of aryl methyl sites for hydroxylation is 1. The van der Waals surface area contributed by atoms with Gasteiger partial charge in [0.25, 0.3) is 0 Å². The Bertz CT molecular complexity index is 1060. The number of rotatable bonds is 6. The zero-order chi connectivity index (χ0) is 21.2. The minimum absolute atomic E-state index is 0.472. The number of carbonyl (C=O) groups excluding carboxylic acids is 1. The minimum Gasteiger partial charge on any atom is -0.382 e. The van der Waals surface area contributed by atoms with Gasteiger partial charge in [0.05, 0.1) is 23.8 Å². The molecule has 0 aliphatic rings. The van der Waals surface area contributed by atoms with Crippen LogP contribution >= 0.6 is 0 Å². The highest BCUT2D eigenvalue weighted by molar-refractivity contribution is 5.71. The summed E-state index contributed by atoms with van der Waals surface area (Å²) < 4.78 is 1.67. The van der Waals surface area contributed by atoms with E-state index in [1.165, 1.54) is 0 Å². The summed E-state index contributed by atoms with van der Waals surface area (Å²) >= 11 is 0. The first-order valence-corrected chi connectivity index (χ1v) is 9.18. The lowest BCUT2D eigenvalue weighted by Crippen LogP contribution is -2.04. The second-order valence-corrected chi connectivity index (χ2v) is 6.22. The fourth-order valence-electron chi connectivity index (χ4n) is 2.51. The van der Waals surface area contributed by atoms with Crippen LogP contribution in [0, 0.1) is 6.92 Å². The van der Waals surface area contributed by atoms with E-state index < -0.39 is 0 Å². The molecule has 0 bridgehead atoms. The van der Waals surface area contributed by atoms with Crippen molar-refractivity contribution in [3.63, 3.8) is 0 Å². The predicted molar refractivity (Wildman–Crippen MR) is 116 cm³/mol. The minimum atomic E-state index is 0.472. The van der Waals surface area contributed by atoms with Crippen LogP contribution in [0.15, 0.2) is 73.4 Å². The van der Waals surface area contributed by atoms with Crippen molar-refractivity contribution >= 4 is 23.6 Å². The van der Waals surface area contributed by atoms with Crippen molar-refractivity contribution in [3.05, 3.63) is 84.7 Å². The molecule has 0 radical (unpaired) electrons. The molecule has 3 aromatic heterocycles. The summed E-state index contributed by atoms with van der Waals surface area (Å²) in [6, 6.07) is 13.1. The average Bonchev–Trinajstić information content (AvgIpc) is 3.30. The number of amides is 1. The Morgan fingerprint density at radius 3 is 2.67 bits per heavy atom. The lowest BCUT2D eigenvalue weighted by molar-refractivity contribution is -0.105. The molecule has 1 aromatic carbocycles. The summed E-state index contributed by atoms with van der Waals surface area (Å²) in [6.07, 6.45) is 9.26. The molecule has 1 amide bonds. The first kappa shape index (κ1) is 20.5. The second kappa shape index (κ2) is 10.3. The summed E-state index contributed by atoms with van der Waals surface area (Å²) in [5, 5.41) is 9.84. The molecule has 4 aromatic rings. The lowest BCUT2D eigenvalue weighted by Gasteiger charge is -2.09. The Morgan fingerprint density at radius 2 is 1.97 bits per heavy atom. The summed E-state index contributed by atoms with van der Waals surface area (Å²) in [7, 11) is 0. The molecule has 0 aliphatic heterocycles. The van der Waals surface area contributed by atoms with Crippen molar-refractivity contribution in [3.8, 4) is 5.82 Å². The number of nitrogen functional groups attached to an aromatic ring is 1. The summed E-state index contributed by atoms with van der Waals surface area (Å²) in [5.41, 5.74) is 9.25. The van der Waals surface area contributed by atoms with Crippen LogP contribution in [0.3, 0.4) is 0 Å². The topological polar surface area (TPSA) is 124 Å². The quantitative estimate of drug-likeness (QED) is 0.424. The number of anilines is 3. The van der Waals surface area contributed by atoms with Crippen LogP contribution in [0.1, 0.15) is 11.3 Å². The van der Waals surface area contributed by atoms with E-state index in [2.05, 4.69) is 30.7 Å². The highest BCUT2D eigenvalue weighted by Gasteiger charge is 1.99. The number of carbonyl (C=O) groups is 1. The first-order valence-electron chi connectivity index (χ1n) is 9.18. The van der Waals surface area contributed by atoms with Gasteiger partial charge < -0.3 is 16.4 Å². The molecular weight excluding hydrogens is 380 g/mol. The van der Waals surface area contributed by atoms with Crippen molar-refractivity contribution in [1.82, 2.24) is 24.7 Å². The van der Waals surface area contributed by atoms with Gasteiger partial charge in [-0.15, -0.1) is 0 Å². The van der Waals surface area contributed by atoms with E-state index in [0.717, 1.165) is 28.5 Å². The van der Waals surface area contributed by atoms with E-state index in [-0.39, 0.29) is 0 Å². The van der Waals surface area contributed by atoms with E-state index in [1.54, 1.807) is 29.5 Å². The molecule has 0 saturated carbocycles. The molecule has 0 unspecified atom stereocenters. The van der Waals surface area contributed by atoms with Gasteiger partial charge in [-0.1, -0.05) is 12.1 Å². The Morgan fingerprint density at radius 1 is 1.07 bits per heavy atom. The molecule has 4 N–H and O–H groups in total.